The van der Waals surface area contributed by atoms with Gasteiger partial charge in [-0.3, -0.25) is 4.79 Å². The Morgan fingerprint density at radius 1 is 1.56 bits per heavy atom. The number of rotatable bonds is 4. The number of hydrogen-bond donors (Lipinski definition) is 3. The van der Waals surface area contributed by atoms with Crippen molar-refractivity contribution in [2.24, 2.45) is 0 Å². The number of aliphatic hydroxyl groups is 2. The van der Waals surface area contributed by atoms with Gasteiger partial charge in [0.15, 0.2) is 5.78 Å². The second-order valence-corrected chi connectivity index (χ2v) is 2.57. The van der Waals surface area contributed by atoms with E-state index in [1.807, 2.05) is 0 Å². The SMILES string of the molecule is C/C(=C\C(=O)C(O)CO)C(=O)O.C=CC#N. The minimum atomic E-state index is -1.53. The number of carboxylic acids is 1. The number of carbonyl (C=O) groups is 2. The summed E-state index contributed by atoms with van der Waals surface area (Å²) in [5.74, 6) is -2.04. The molecule has 0 aliphatic carbocycles. The lowest BCUT2D eigenvalue weighted by atomic mass is 10.1. The van der Waals surface area contributed by atoms with Crippen molar-refractivity contribution < 1.29 is 24.9 Å². The van der Waals surface area contributed by atoms with Crippen LogP contribution in [0.5, 0.6) is 0 Å². The molecule has 0 aromatic carbocycles. The molecular weight excluding hydrogens is 214 g/mol. The van der Waals surface area contributed by atoms with Crippen molar-refractivity contribution in [1.29, 1.82) is 5.26 Å². The molecule has 88 valence electrons. The molecule has 0 saturated carbocycles. The number of ketones is 1. The monoisotopic (exact) mass is 227 g/mol. The Balaban J connectivity index is 0. The Hall–Kier alpha value is -1.97. The lowest BCUT2D eigenvalue weighted by Crippen LogP contribution is -2.22. The average molecular weight is 227 g/mol. The van der Waals surface area contributed by atoms with E-state index in [9.17, 15) is 9.59 Å². The summed E-state index contributed by atoms with van der Waals surface area (Å²) in [4.78, 5) is 20.9. The first-order valence-corrected chi connectivity index (χ1v) is 4.15. The standard InChI is InChI=1S/C7H10O5.C3H3N/c1-4(7(11)12)2-5(9)6(10)3-8;1-2-3-4/h2,6,8,10H,3H2,1H3,(H,11,12);2H,1H2/b4-2+;. The van der Waals surface area contributed by atoms with E-state index in [1.54, 1.807) is 6.07 Å². The van der Waals surface area contributed by atoms with Crippen LogP contribution in [0.25, 0.3) is 0 Å². The number of nitriles is 1. The zero-order chi connectivity index (χ0) is 13.1. The molecule has 0 rings (SSSR count). The van der Waals surface area contributed by atoms with Gasteiger partial charge in [-0.1, -0.05) is 6.58 Å². The van der Waals surface area contributed by atoms with Crippen molar-refractivity contribution in [3.8, 4) is 6.07 Å². The lowest BCUT2D eigenvalue weighted by molar-refractivity contribution is -0.133. The molecule has 0 radical (unpaired) electrons. The van der Waals surface area contributed by atoms with Gasteiger partial charge in [-0.2, -0.15) is 5.26 Å². The zero-order valence-corrected chi connectivity index (χ0v) is 8.75. The lowest BCUT2D eigenvalue weighted by Gasteiger charge is -2.00. The van der Waals surface area contributed by atoms with Gasteiger partial charge in [-0.25, -0.2) is 4.79 Å². The fraction of sp³-hybridized carbons (Fsp3) is 0.300. The van der Waals surface area contributed by atoms with E-state index in [-0.39, 0.29) is 5.57 Å². The van der Waals surface area contributed by atoms with Crippen LogP contribution in [0.4, 0.5) is 0 Å². The minimum Gasteiger partial charge on any atom is -0.478 e. The number of nitrogens with zero attached hydrogens (tertiary/aromatic N) is 1. The van der Waals surface area contributed by atoms with Gasteiger partial charge in [0, 0.05) is 11.6 Å². The fourth-order valence-corrected chi connectivity index (χ4v) is 0.461. The van der Waals surface area contributed by atoms with Crippen LogP contribution < -0.4 is 0 Å². The van der Waals surface area contributed by atoms with E-state index in [4.69, 9.17) is 20.6 Å². The molecule has 6 heteroatoms. The average Bonchev–Trinajstić information content (AvgIpc) is 2.27. The number of hydrogen-bond acceptors (Lipinski definition) is 5. The number of carbonyl (C=O) groups excluding carboxylic acids is 1. The van der Waals surface area contributed by atoms with Crippen molar-refractivity contribution in [3.05, 3.63) is 24.3 Å². The second-order valence-electron chi connectivity index (χ2n) is 2.57. The molecule has 1 unspecified atom stereocenters. The molecule has 0 spiro atoms. The summed E-state index contributed by atoms with van der Waals surface area (Å²) in [6.45, 7) is 3.64. The van der Waals surface area contributed by atoms with E-state index < -0.39 is 24.5 Å². The summed E-state index contributed by atoms with van der Waals surface area (Å²) in [5.41, 5.74) is -0.174. The number of aliphatic hydroxyl groups excluding tert-OH is 2. The largest absolute Gasteiger partial charge is 0.478 e. The van der Waals surface area contributed by atoms with Gasteiger partial charge in [0.1, 0.15) is 6.10 Å². The zero-order valence-electron chi connectivity index (χ0n) is 8.75. The first-order chi connectivity index (χ1) is 7.40. The van der Waals surface area contributed by atoms with Crippen molar-refractivity contribution in [2.45, 2.75) is 13.0 Å². The van der Waals surface area contributed by atoms with Crippen LogP contribution in [0.3, 0.4) is 0 Å². The van der Waals surface area contributed by atoms with Crippen LogP contribution in [-0.2, 0) is 9.59 Å². The Morgan fingerprint density at radius 2 is 2.00 bits per heavy atom. The molecule has 1 atom stereocenters. The minimum absolute atomic E-state index is 0.174. The smallest absolute Gasteiger partial charge is 0.331 e. The molecule has 0 saturated heterocycles. The highest BCUT2D eigenvalue weighted by Crippen LogP contribution is 1.95. The topological polar surface area (TPSA) is 119 Å². The third-order valence-electron chi connectivity index (χ3n) is 1.29. The van der Waals surface area contributed by atoms with E-state index in [1.165, 1.54) is 13.0 Å². The van der Waals surface area contributed by atoms with Gasteiger partial charge >= 0.3 is 5.97 Å². The van der Waals surface area contributed by atoms with Crippen LogP contribution in [0.15, 0.2) is 24.3 Å². The van der Waals surface area contributed by atoms with Gasteiger partial charge in [-0.05, 0) is 13.0 Å². The van der Waals surface area contributed by atoms with Crippen molar-refractivity contribution >= 4 is 11.8 Å². The van der Waals surface area contributed by atoms with Crippen molar-refractivity contribution in [3.63, 3.8) is 0 Å². The van der Waals surface area contributed by atoms with Gasteiger partial charge in [0.2, 0.25) is 0 Å². The second kappa shape index (κ2) is 9.58. The maximum atomic E-state index is 10.7. The quantitative estimate of drug-likeness (QED) is 0.445. The molecule has 3 N–H and O–H groups in total. The normalized spacial score (nSPS) is 11.5. The molecular formula is C10H13NO5. The molecule has 0 amide bonds. The number of carboxylic acid groups (broad SMARTS) is 1. The number of allylic oxidation sites excluding steroid dienone is 1. The highest BCUT2D eigenvalue weighted by atomic mass is 16.4. The van der Waals surface area contributed by atoms with Gasteiger partial charge < -0.3 is 15.3 Å². The molecule has 0 fully saturated rings. The molecule has 0 bridgehead atoms. The summed E-state index contributed by atoms with van der Waals surface area (Å²) in [7, 11) is 0. The van der Waals surface area contributed by atoms with Crippen molar-refractivity contribution in [2.75, 3.05) is 6.61 Å². The first-order valence-electron chi connectivity index (χ1n) is 4.15. The number of aliphatic carboxylic acids is 1. The van der Waals surface area contributed by atoms with E-state index in [2.05, 4.69) is 6.58 Å². The predicted octanol–water partition coefficient (Wildman–Crippen LogP) is -0.364. The Morgan fingerprint density at radius 3 is 2.25 bits per heavy atom. The molecule has 0 aliphatic rings. The van der Waals surface area contributed by atoms with Gasteiger partial charge in [-0.15, -0.1) is 0 Å². The summed E-state index contributed by atoms with van der Waals surface area (Å²) in [6.07, 6.45) is 0.433. The molecule has 0 heterocycles. The Kier molecular flexibility index (Phi) is 9.85. The van der Waals surface area contributed by atoms with Crippen LogP contribution in [-0.4, -0.2) is 39.8 Å². The highest BCUT2D eigenvalue weighted by Gasteiger charge is 2.12. The summed E-state index contributed by atoms with van der Waals surface area (Å²) >= 11 is 0. The van der Waals surface area contributed by atoms with E-state index in [0.717, 1.165) is 6.08 Å². The molecule has 0 aromatic rings. The highest BCUT2D eigenvalue weighted by molar-refractivity contribution is 6.00. The van der Waals surface area contributed by atoms with Crippen LogP contribution in [0.1, 0.15) is 6.92 Å². The Labute approximate surface area is 92.7 Å². The maximum absolute atomic E-state index is 10.7. The van der Waals surface area contributed by atoms with Crippen molar-refractivity contribution in [1.82, 2.24) is 0 Å². The third kappa shape index (κ3) is 8.62. The van der Waals surface area contributed by atoms with Crippen LogP contribution >= 0.6 is 0 Å². The maximum Gasteiger partial charge on any atom is 0.331 e. The predicted molar refractivity (Wildman–Crippen MR) is 55.3 cm³/mol. The summed E-state index contributed by atoms with van der Waals surface area (Å²) < 4.78 is 0. The van der Waals surface area contributed by atoms with Crippen LogP contribution in [0.2, 0.25) is 0 Å². The summed E-state index contributed by atoms with van der Waals surface area (Å²) in [5, 5.41) is 32.9. The fourth-order valence-electron chi connectivity index (χ4n) is 0.461. The molecule has 0 aromatic heterocycles. The molecule has 6 nitrogen and oxygen atoms in total. The molecule has 0 aliphatic heterocycles. The van der Waals surface area contributed by atoms with Gasteiger partial charge in [0.25, 0.3) is 0 Å². The first kappa shape index (κ1) is 16.5. The van der Waals surface area contributed by atoms with E-state index in [0.29, 0.717) is 0 Å². The third-order valence-corrected chi connectivity index (χ3v) is 1.29. The van der Waals surface area contributed by atoms with E-state index >= 15 is 0 Å². The molecule has 16 heavy (non-hydrogen) atoms. The Bertz CT molecular complexity index is 327. The van der Waals surface area contributed by atoms with Gasteiger partial charge in [0.05, 0.1) is 12.7 Å². The summed E-state index contributed by atoms with van der Waals surface area (Å²) in [6, 6.07) is 1.69. The van der Waals surface area contributed by atoms with Crippen LogP contribution in [0, 0.1) is 11.3 Å².